The Morgan fingerprint density at radius 1 is 0.147 bits per heavy atom. The van der Waals surface area contributed by atoms with E-state index in [-0.39, 0.29) is 0 Å². The lowest BCUT2D eigenvalue weighted by Gasteiger charge is -2.12. The monoisotopic (exact) mass is 1970 g/mol. The van der Waals surface area contributed by atoms with Crippen LogP contribution in [0, 0.1) is 0 Å². The number of furan rings is 3. The Morgan fingerprint density at radius 3 is 0.740 bits per heavy atom. The average molecular weight is 1970 g/mol. The zero-order valence-electron chi connectivity index (χ0n) is 80.2. The molecule has 150 heavy (non-hydrogen) atoms. The third-order valence-electron chi connectivity index (χ3n) is 28.2. The summed E-state index contributed by atoms with van der Waals surface area (Å²) in [7, 11) is 0. The number of fused-ring (bicyclic) bond motifs is 18. The molecule has 18 aromatic carbocycles. The van der Waals surface area contributed by atoms with Crippen LogP contribution < -0.4 is 0 Å². The highest BCUT2D eigenvalue weighted by Gasteiger charge is 2.28. The Morgan fingerprint density at radius 2 is 0.393 bits per heavy atom. The molecule has 0 saturated heterocycles. The van der Waals surface area contributed by atoms with Gasteiger partial charge in [0.05, 0.1) is 51.2 Å². The molecule has 0 fully saturated rings. The highest BCUT2D eigenvalue weighted by Crippen LogP contribution is 2.52. The van der Waals surface area contributed by atoms with Crippen molar-refractivity contribution in [2.24, 2.45) is 0 Å². The van der Waals surface area contributed by atoms with Crippen molar-refractivity contribution in [3.63, 3.8) is 0 Å². The second kappa shape index (κ2) is 37.7. The summed E-state index contributed by atoms with van der Waals surface area (Å²) < 4.78 is 27.9. The summed E-state index contributed by atoms with van der Waals surface area (Å²) in [5.74, 6) is 1.98. The molecule has 0 aliphatic rings. The van der Waals surface area contributed by atoms with Crippen LogP contribution in [-0.2, 0) is 0 Å². The number of hydrogen-bond donors (Lipinski definition) is 0. The number of thiophene rings is 3. The summed E-state index contributed by atoms with van der Waals surface area (Å²) in [4.78, 5) is 44.8. The van der Waals surface area contributed by atoms with Gasteiger partial charge < -0.3 is 13.3 Å². The Kier molecular flexibility index (Phi) is 22.2. The number of aromatic nitrogens is 9. The van der Waals surface area contributed by atoms with Crippen LogP contribution in [0.3, 0.4) is 0 Å². The van der Waals surface area contributed by atoms with Gasteiger partial charge in [-0.25, -0.2) is 29.9 Å². The molecule has 0 radical (unpaired) electrons. The van der Waals surface area contributed by atoms with E-state index in [2.05, 4.69) is 343 Å². The normalized spacial score (nSPS) is 11.6. The van der Waals surface area contributed by atoms with Crippen molar-refractivity contribution < 1.29 is 13.3 Å². The van der Waals surface area contributed by atoms with E-state index in [0.717, 1.165) is 217 Å². The molecule has 12 aromatic heterocycles. The number of hydrogen-bond acceptors (Lipinski definition) is 15. The van der Waals surface area contributed by atoms with Gasteiger partial charge >= 0.3 is 0 Å². The van der Waals surface area contributed by atoms with Gasteiger partial charge in [-0.1, -0.05) is 340 Å². The molecule has 15 heteroatoms. The fraction of sp³-hybridized carbons (Fsp3) is 0. The summed E-state index contributed by atoms with van der Waals surface area (Å²) >= 11 is 5.48. The Hall–Kier alpha value is -19.3. The van der Waals surface area contributed by atoms with Crippen LogP contribution in [0.4, 0.5) is 0 Å². The molecule has 12 heterocycles. The third-order valence-corrected chi connectivity index (χ3v) is 31.6. The first-order valence-electron chi connectivity index (χ1n) is 49.8. The second-order valence-electron chi connectivity index (χ2n) is 37.1. The molecule has 702 valence electrons. The molecule has 0 unspecified atom stereocenters. The van der Waals surface area contributed by atoms with Crippen molar-refractivity contribution in [3.8, 4) is 169 Å². The van der Waals surface area contributed by atoms with Gasteiger partial charge in [0.2, 0.25) is 0 Å². The number of para-hydroxylation sites is 3. The standard InChI is InChI=1S/3C45H27N3OS/c1-2-11-30(12-3-1)45-47-37(29-22-20-28(21-23-29)36-16-8-9-26-46-36)27-38(48-45)33-25-24-32(44-43(33)34-13-4-6-17-39(34)49-44)31-15-10-19-41-42(31)35-14-5-7-18-40(35)50-41;1-2-11-28(12-3-1)37-27-38(48-45(47-37)30-22-20-29(21-23-30)36-16-8-9-26-46-36)33-25-24-32(44-43(33)34-13-4-6-17-39(34)49-44)31-15-10-19-41-42(31)35-14-5-7-18-40(35)50-41;1-2-11-28(12-3-1)37-27-38(30-22-20-29(21-23-30)36-16-8-9-26-46-36)48-45(47-37)35-25-24-32(44-43(35)33-13-4-6-17-39(33)49-44)31-15-10-19-41-42(31)34-14-5-7-18-40(34)50-41/h3*1-27H. The molecule has 0 bridgehead atoms. The molecule has 0 aliphatic carbocycles. The minimum Gasteiger partial charge on any atom is -0.455 e. The number of rotatable bonds is 15. The minimum atomic E-state index is 0.650. The lowest BCUT2D eigenvalue weighted by molar-refractivity contribution is 0.669. The lowest BCUT2D eigenvalue weighted by atomic mass is 9.94. The Bertz CT molecular complexity index is 9520. The van der Waals surface area contributed by atoms with Crippen molar-refractivity contribution in [3.05, 3.63) is 492 Å². The van der Waals surface area contributed by atoms with E-state index in [1.807, 2.05) is 198 Å². The molecule has 0 spiro atoms. The zero-order valence-corrected chi connectivity index (χ0v) is 82.7. The van der Waals surface area contributed by atoms with Gasteiger partial charge in [0, 0.05) is 195 Å². The van der Waals surface area contributed by atoms with Gasteiger partial charge in [-0.05, 0) is 150 Å². The first-order chi connectivity index (χ1) is 74.3. The third kappa shape index (κ3) is 16.0. The number of nitrogens with zero attached hydrogens (tertiary/aromatic N) is 9. The summed E-state index contributed by atoms with van der Waals surface area (Å²) in [6.45, 7) is 0. The van der Waals surface area contributed by atoms with Crippen molar-refractivity contribution in [1.82, 2.24) is 44.9 Å². The molecule has 0 amide bonds. The van der Waals surface area contributed by atoms with Crippen LogP contribution >= 0.6 is 34.0 Å². The quantitative estimate of drug-likeness (QED) is 0.0959. The summed E-state index contributed by atoms with van der Waals surface area (Å²) in [6.07, 6.45) is 5.46. The first kappa shape index (κ1) is 88.4. The van der Waals surface area contributed by atoms with E-state index in [4.69, 9.17) is 43.2 Å². The predicted octanol–water partition coefficient (Wildman–Crippen LogP) is 37.4. The maximum Gasteiger partial charge on any atom is 0.161 e. The fourth-order valence-electron chi connectivity index (χ4n) is 21.1. The van der Waals surface area contributed by atoms with Crippen molar-refractivity contribution in [1.29, 1.82) is 0 Å². The van der Waals surface area contributed by atoms with E-state index in [1.165, 1.54) is 60.5 Å². The summed E-state index contributed by atoms with van der Waals surface area (Å²) in [5, 5.41) is 13.8. The van der Waals surface area contributed by atoms with Crippen LogP contribution in [0.5, 0.6) is 0 Å². The topological polar surface area (TPSA) is 155 Å². The summed E-state index contributed by atoms with van der Waals surface area (Å²) in [6, 6.07) is 164. The maximum atomic E-state index is 6.78. The highest BCUT2D eigenvalue weighted by molar-refractivity contribution is 7.26. The molecule has 0 saturated carbocycles. The Balaban J connectivity index is 0.000000108. The smallest absolute Gasteiger partial charge is 0.161 e. The van der Waals surface area contributed by atoms with Crippen molar-refractivity contribution in [2.45, 2.75) is 0 Å². The molecule has 30 aromatic rings. The van der Waals surface area contributed by atoms with E-state index in [1.54, 1.807) is 0 Å². The van der Waals surface area contributed by atoms with Gasteiger partial charge in [-0.15, -0.1) is 34.0 Å². The highest BCUT2D eigenvalue weighted by atomic mass is 32.1. The van der Waals surface area contributed by atoms with Crippen LogP contribution in [0.1, 0.15) is 0 Å². The fourth-order valence-corrected chi connectivity index (χ4v) is 24.5. The van der Waals surface area contributed by atoms with Crippen LogP contribution in [0.15, 0.2) is 505 Å². The number of benzene rings is 18. The molecule has 0 atom stereocenters. The average Bonchev–Trinajstić information content (AvgIpc) is 1.56. The SMILES string of the molecule is c1ccc(-c2cc(-c3ccc(-c4cccc5sc6ccccc6c45)c4oc5ccccc5c34)nc(-c3ccc(-c4ccccn4)cc3)n2)cc1.c1ccc(-c2cc(-c3ccc(-c4ccccn4)cc3)nc(-c3ccc(-c4cccc5sc6ccccc6c45)c4oc5ccccc5c34)n2)cc1.c1ccc(-c2nc(-c3ccc(-c4ccccn4)cc3)cc(-c3ccc(-c4cccc5sc6ccccc6c45)c4oc5ccccc5c34)n2)cc1. The maximum absolute atomic E-state index is 6.78. The minimum absolute atomic E-state index is 0.650. The number of pyridine rings is 3. The van der Waals surface area contributed by atoms with Crippen LogP contribution in [0.25, 0.3) is 295 Å². The van der Waals surface area contributed by atoms with E-state index >= 15 is 0 Å². The zero-order chi connectivity index (χ0) is 99.1. The van der Waals surface area contributed by atoms with Crippen molar-refractivity contribution in [2.75, 3.05) is 0 Å². The van der Waals surface area contributed by atoms with Crippen LogP contribution in [-0.4, -0.2) is 44.9 Å². The largest absolute Gasteiger partial charge is 0.455 e. The molecular formula is C135H81N9O3S3. The van der Waals surface area contributed by atoms with Gasteiger partial charge in [-0.3, -0.25) is 15.0 Å². The van der Waals surface area contributed by atoms with Gasteiger partial charge in [-0.2, -0.15) is 0 Å². The molecule has 12 nitrogen and oxygen atoms in total. The van der Waals surface area contributed by atoms with Gasteiger partial charge in [0.15, 0.2) is 17.5 Å². The molecule has 30 rings (SSSR count). The molecule has 0 N–H and O–H groups in total. The van der Waals surface area contributed by atoms with E-state index in [0.29, 0.717) is 17.5 Å². The van der Waals surface area contributed by atoms with Crippen LogP contribution in [0.2, 0.25) is 0 Å². The Labute approximate surface area is 872 Å². The van der Waals surface area contributed by atoms with Gasteiger partial charge in [0.25, 0.3) is 0 Å². The van der Waals surface area contributed by atoms with Gasteiger partial charge in [0.1, 0.15) is 33.5 Å². The molecule has 0 aliphatic heterocycles. The van der Waals surface area contributed by atoms with Crippen molar-refractivity contribution >= 4 is 160 Å². The van der Waals surface area contributed by atoms with E-state index < -0.39 is 0 Å². The first-order valence-corrected chi connectivity index (χ1v) is 52.3. The summed E-state index contributed by atoms with van der Waals surface area (Å²) in [5.41, 5.74) is 31.7. The lowest BCUT2D eigenvalue weighted by Crippen LogP contribution is -1.97. The second-order valence-corrected chi connectivity index (χ2v) is 40.3. The predicted molar refractivity (Wildman–Crippen MR) is 622 cm³/mol. The van der Waals surface area contributed by atoms with E-state index in [9.17, 15) is 0 Å². The molecular weight excluding hydrogens is 1890 g/mol.